The van der Waals surface area contributed by atoms with E-state index in [0.717, 1.165) is 11.3 Å². The average Bonchev–Trinajstić information content (AvgIpc) is 2.61. The van der Waals surface area contributed by atoms with Crippen LogP contribution in [-0.4, -0.2) is 0 Å². The molecule has 0 amide bonds. The Morgan fingerprint density at radius 1 is 0.435 bits per heavy atom. The highest BCUT2D eigenvalue weighted by Crippen LogP contribution is 2.13. The average molecular weight is 297 g/mol. The van der Waals surface area contributed by atoms with Crippen molar-refractivity contribution in [3.05, 3.63) is 101 Å². The molecular formula is C22H19N. The van der Waals surface area contributed by atoms with Crippen molar-refractivity contribution in [2.24, 2.45) is 0 Å². The molecule has 0 heterocycles. The smallest absolute Gasteiger partial charge is 0.0314 e. The minimum atomic E-state index is 0.789. The van der Waals surface area contributed by atoms with Gasteiger partial charge in [-0.3, -0.25) is 0 Å². The molecule has 1 heteroatoms. The Hall–Kier alpha value is -3.06. The first-order valence-electron chi connectivity index (χ1n) is 7.66. The summed E-state index contributed by atoms with van der Waals surface area (Å²) in [7, 11) is 0. The van der Waals surface area contributed by atoms with E-state index in [9.17, 15) is 0 Å². The van der Waals surface area contributed by atoms with Gasteiger partial charge in [0.2, 0.25) is 0 Å². The predicted molar refractivity (Wildman–Crippen MR) is 102 cm³/mol. The van der Waals surface area contributed by atoms with E-state index < -0.39 is 0 Å². The summed E-state index contributed by atoms with van der Waals surface area (Å²) in [6.45, 7) is 0. The molecule has 0 aromatic heterocycles. The molecule has 112 valence electrons. The van der Waals surface area contributed by atoms with E-state index >= 15 is 0 Å². The Balaban J connectivity index is 1.67. The molecule has 0 fully saturated rings. The van der Waals surface area contributed by atoms with Crippen LogP contribution in [0.15, 0.2) is 78.9 Å². The Morgan fingerprint density at radius 3 is 1.22 bits per heavy atom. The van der Waals surface area contributed by atoms with Crippen molar-refractivity contribution in [2.75, 3.05) is 5.73 Å². The lowest BCUT2D eigenvalue weighted by molar-refractivity contribution is 1.61. The molecule has 0 atom stereocenters. The topological polar surface area (TPSA) is 26.0 Å². The maximum absolute atomic E-state index is 5.69. The van der Waals surface area contributed by atoms with E-state index in [4.69, 9.17) is 5.73 Å². The van der Waals surface area contributed by atoms with Gasteiger partial charge in [0.1, 0.15) is 0 Å². The normalized spacial score (nSPS) is 11.3. The molecule has 0 radical (unpaired) electrons. The van der Waals surface area contributed by atoms with Crippen molar-refractivity contribution in [3.63, 3.8) is 0 Å². The van der Waals surface area contributed by atoms with Crippen LogP contribution in [0.4, 0.5) is 5.69 Å². The monoisotopic (exact) mass is 297 g/mol. The lowest BCUT2D eigenvalue weighted by atomic mass is 10.1. The molecule has 23 heavy (non-hydrogen) atoms. The second-order valence-corrected chi connectivity index (χ2v) is 5.41. The van der Waals surface area contributed by atoms with Crippen LogP contribution < -0.4 is 5.73 Å². The first-order valence-corrected chi connectivity index (χ1v) is 7.66. The summed E-state index contributed by atoms with van der Waals surface area (Å²) in [6, 6.07) is 26.7. The minimum absolute atomic E-state index is 0.789. The van der Waals surface area contributed by atoms with Gasteiger partial charge < -0.3 is 5.73 Å². The van der Waals surface area contributed by atoms with Crippen LogP contribution in [0.3, 0.4) is 0 Å². The van der Waals surface area contributed by atoms with Gasteiger partial charge in [-0.15, -0.1) is 0 Å². The summed E-state index contributed by atoms with van der Waals surface area (Å²) in [5, 5.41) is 0. The third kappa shape index (κ3) is 4.45. The second-order valence-electron chi connectivity index (χ2n) is 5.41. The highest BCUT2D eigenvalue weighted by molar-refractivity contribution is 5.73. The molecule has 0 aliphatic heterocycles. The molecule has 2 N–H and O–H groups in total. The summed E-state index contributed by atoms with van der Waals surface area (Å²) in [5.74, 6) is 0. The molecule has 0 aliphatic rings. The van der Waals surface area contributed by atoms with Crippen molar-refractivity contribution >= 4 is 30.0 Å². The zero-order valence-corrected chi connectivity index (χ0v) is 12.9. The van der Waals surface area contributed by atoms with Gasteiger partial charge in [0.05, 0.1) is 0 Å². The molecule has 1 nitrogen and oxygen atoms in total. The Labute approximate surface area is 137 Å². The van der Waals surface area contributed by atoms with Crippen LogP contribution in [0.1, 0.15) is 22.3 Å². The number of hydrogen-bond donors (Lipinski definition) is 1. The first kappa shape index (κ1) is 14.9. The molecule has 0 bridgehead atoms. The van der Waals surface area contributed by atoms with Gasteiger partial charge in [-0.25, -0.2) is 0 Å². The summed E-state index contributed by atoms with van der Waals surface area (Å²) >= 11 is 0. The number of benzene rings is 3. The first-order chi connectivity index (χ1) is 11.3. The molecular weight excluding hydrogens is 278 g/mol. The molecule has 0 aliphatic carbocycles. The Bertz CT molecular complexity index is 795. The van der Waals surface area contributed by atoms with Gasteiger partial charge in [0, 0.05) is 5.69 Å². The molecule has 0 saturated heterocycles. The lowest BCUT2D eigenvalue weighted by Gasteiger charge is -1.98. The highest BCUT2D eigenvalue weighted by atomic mass is 14.5. The van der Waals surface area contributed by atoms with Crippen LogP contribution >= 0.6 is 0 Å². The summed E-state index contributed by atoms with van der Waals surface area (Å²) in [6.07, 6.45) is 8.45. The summed E-state index contributed by atoms with van der Waals surface area (Å²) < 4.78 is 0. The SMILES string of the molecule is Nc1ccc(C=Cc2ccc(C=Cc3ccccc3)cc2)cc1. The van der Waals surface area contributed by atoms with Gasteiger partial charge >= 0.3 is 0 Å². The van der Waals surface area contributed by atoms with Crippen molar-refractivity contribution in [2.45, 2.75) is 0 Å². The molecule has 0 unspecified atom stereocenters. The summed E-state index contributed by atoms with van der Waals surface area (Å²) in [5.41, 5.74) is 11.2. The quantitative estimate of drug-likeness (QED) is 0.491. The van der Waals surface area contributed by atoms with E-state index in [1.54, 1.807) is 0 Å². The van der Waals surface area contributed by atoms with E-state index in [-0.39, 0.29) is 0 Å². The maximum atomic E-state index is 5.69. The maximum Gasteiger partial charge on any atom is 0.0314 e. The van der Waals surface area contributed by atoms with Gasteiger partial charge in [-0.2, -0.15) is 0 Å². The largest absolute Gasteiger partial charge is 0.399 e. The van der Waals surface area contributed by atoms with Gasteiger partial charge in [0.25, 0.3) is 0 Å². The zero-order valence-electron chi connectivity index (χ0n) is 12.9. The molecule has 3 rings (SSSR count). The fourth-order valence-corrected chi connectivity index (χ4v) is 2.27. The van der Waals surface area contributed by atoms with Gasteiger partial charge in [-0.1, -0.05) is 91.0 Å². The number of rotatable bonds is 4. The van der Waals surface area contributed by atoms with E-state index in [2.05, 4.69) is 60.7 Å². The lowest BCUT2D eigenvalue weighted by Crippen LogP contribution is -1.82. The fraction of sp³-hybridized carbons (Fsp3) is 0. The minimum Gasteiger partial charge on any atom is -0.399 e. The van der Waals surface area contributed by atoms with Crippen molar-refractivity contribution in [3.8, 4) is 0 Å². The van der Waals surface area contributed by atoms with Crippen molar-refractivity contribution in [1.82, 2.24) is 0 Å². The standard InChI is InChI=1S/C22H19N/c23-22-16-14-21(15-17-22)13-12-20-10-8-19(9-11-20)7-6-18-4-2-1-3-5-18/h1-17H,23H2. The number of anilines is 1. The highest BCUT2D eigenvalue weighted by Gasteiger charge is 1.91. The Kier molecular flexibility index (Phi) is 4.70. The predicted octanol–water partition coefficient (Wildman–Crippen LogP) is 5.61. The van der Waals surface area contributed by atoms with Crippen LogP contribution in [-0.2, 0) is 0 Å². The van der Waals surface area contributed by atoms with Crippen LogP contribution in [0.25, 0.3) is 24.3 Å². The van der Waals surface area contributed by atoms with E-state index in [1.165, 1.54) is 16.7 Å². The zero-order chi connectivity index (χ0) is 15.9. The van der Waals surface area contributed by atoms with E-state index in [0.29, 0.717) is 0 Å². The third-order valence-corrected chi connectivity index (χ3v) is 3.61. The fourth-order valence-electron chi connectivity index (χ4n) is 2.27. The van der Waals surface area contributed by atoms with Crippen molar-refractivity contribution < 1.29 is 0 Å². The van der Waals surface area contributed by atoms with Gasteiger partial charge in [0.15, 0.2) is 0 Å². The molecule has 3 aromatic carbocycles. The van der Waals surface area contributed by atoms with Crippen LogP contribution in [0.2, 0.25) is 0 Å². The molecule has 0 spiro atoms. The van der Waals surface area contributed by atoms with E-state index in [1.807, 2.05) is 42.5 Å². The number of nitrogens with two attached hydrogens (primary N) is 1. The third-order valence-electron chi connectivity index (χ3n) is 3.61. The molecule has 3 aromatic rings. The number of hydrogen-bond acceptors (Lipinski definition) is 1. The second kappa shape index (κ2) is 7.28. The molecule has 0 saturated carbocycles. The number of nitrogen functional groups attached to an aromatic ring is 1. The van der Waals surface area contributed by atoms with Crippen molar-refractivity contribution in [1.29, 1.82) is 0 Å². The summed E-state index contributed by atoms with van der Waals surface area (Å²) in [4.78, 5) is 0. The van der Waals surface area contributed by atoms with Crippen LogP contribution in [0.5, 0.6) is 0 Å². The van der Waals surface area contributed by atoms with Crippen LogP contribution in [0, 0.1) is 0 Å². The Morgan fingerprint density at radius 2 is 0.783 bits per heavy atom. The van der Waals surface area contributed by atoms with Gasteiger partial charge in [-0.05, 0) is 34.4 Å².